The van der Waals surface area contributed by atoms with Gasteiger partial charge in [0.05, 0.1) is 0 Å². The van der Waals surface area contributed by atoms with Crippen molar-refractivity contribution in [1.82, 2.24) is 15.5 Å². The number of carbonyl (C=O) groups excluding carboxylic acids is 1. The van der Waals surface area contributed by atoms with E-state index in [0.717, 1.165) is 38.6 Å². The van der Waals surface area contributed by atoms with Crippen LogP contribution in [0.1, 0.15) is 35.1 Å². The molecule has 6 heteroatoms. The molecule has 2 aromatic rings. The summed E-state index contributed by atoms with van der Waals surface area (Å²) in [4.78, 5) is 18.6. The molecule has 2 N–H and O–H groups in total. The molecule has 1 aliphatic rings. The van der Waals surface area contributed by atoms with Gasteiger partial charge in [0.25, 0.3) is 0 Å². The predicted octanol–water partition coefficient (Wildman–Crippen LogP) is 3.60. The number of aryl methyl sites for hydroxylation is 1. The van der Waals surface area contributed by atoms with Crippen molar-refractivity contribution in [2.75, 3.05) is 13.6 Å². The van der Waals surface area contributed by atoms with Crippen LogP contribution in [0.25, 0.3) is 0 Å². The lowest BCUT2D eigenvalue weighted by Crippen LogP contribution is -2.37. The minimum absolute atomic E-state index is 0. The summed E-state index contributed by atoms with van der Waals surface area (Å²) in [6, 6.07) is 16.7. The van der Waals surface area contributed by atoms with Crippen LogP contribution in [-0.2, 0) is 24.4 Å². The molecule has 2 aromatic carbocycles. The van der Waals surface area contributed by atoms with Gasteiger partial charge in [-0.25, -0.2) is 0 Å². The highest BCUT2D eigenvalue weighted by Gasteiger charge is 2.22. The Balaban J connectivity index is 0.00000280. The zero-order chi connectivity index (χ0) is 19.1. The Morgan fingerprint density at radius 3 is 2.29 bits per heavy atom. The minimum Gasteiger partial charge on any atom is -0.356 e. The number of guanidine groups is 1. The molecule has 0 spiro atoms. The number of aliphatic imine (C=N–C) groups is 1. The largest absolute Gasteiger partial charge is 0.356 e. The molecule has 0 saturated heterocycles. The number of fused-ring (bicyclic) bond motifs is 1. The van der Waals surface area contributed by atoms with Crippen LogP contribution >= 0.6 is 24.0 Å². The summed E-state index contributed by atoms with van der Waals surface area (Å²) in [5.41, 5.74) is 5.01. The van der Waals surface area contributed by atoms with E-state index in [0.29, 0.717) is 6.42 Å². The summed E-state index contributed by atoms with van der Waals surface area (Å²) in [6.07, 6.45) is 1.34. The molecule has 0 fully saturated rings. The van der Waals surface area contributed by atoms with E-state index >= 15 is 0 Å². The van der Waals surface area contributed by atoms with E-state index in [-0.39, 0.29) is 29.9 Å². The molecule has 0 aliphatic carbocycles. The third-order valence-electron chi connectivity index (χ3n) is 4.86. The average Bonchev–Trinajstić information content (AvgIpc) is 3.13. The van der Waals surface area contributed by atoms with Gasteiger partial charge in [0.15, 0.2) is 5.96 Å². The minimum atomic E-state index is 0. The Labute approximate surface area is 184 Å². The van der Waals surface area contributed by atoms with Crippen LogP contribution in [0.15, 0.2) is 53.5 Å². The molecule has 28 heavy (non-hydrogen) atoms. The molecule has 0 saturated carbocycles. The summed E-state index contributed by atoms with van der Waals surface area (Å²) in [5.74, 6) is 0.979. The van der Waals surface area contributed by atoms with Crippen molar-refractivity contribution in [2.45, 2.75) is 39.4 Å². The number of carbonyl (C=O) groups is 1. The predicted molar refractivity (Wildman–Crippen MR) is 125 cm³/mol. The van der Waals surface area contributed by atoms with Crippen molar-refractivity contribution in [2.24, 2.45) is 4.99 Å². The molecule has 0 bridgehead atoms. The van der Waals surface area contributed by atoms with E-state index in [1.807, 2.05) is 17.0 Å². The number of nitrogens with one attached hydrogen (secondary N) is 2. The number of amides is 1. The lowest BCUT2D eigenvalue weighted by Gasteiger charge is -2.16. The number of rotatable bonds is 6. The zero-order valence-electron chi connectivity index (χ0n) is 16.6. The van der Waals surface area contributed by atoms with Gasteiger partial charge in [-0.2, -0.15) is 0 Å². The highest BCUT2D eigenvalue weighted by Crippen LogP contribution is 2.22. The van der Waals surface area contributed by atoms with Crippen LogP contribution in [0.3, 0.4) is 0 Å². The molecule has 150 valence electrons. The number of hydrogen-bond donors (Lipinski definition) is 2. The Hall–Kier alpha value is -2.09. The number of nitrogens with zero attached hydrogens (tertiary/aromatic N) is 2. The van der Waals surface area contributed by atoms with Crippen LogP contribution in [0.4, 0.5) is 0 Å². The van der Waals surface area contributed by atoms with Crippen molar-refractivity contribution in [1.29, 1.82) is 0 Å². The molecule has 1 amide bonds. The van der Waals surface area contributed by atoms with Gasteiger partial charge in [-0.1, -0.05) is 54.1 Å². The highest BCUT2D eigenvalue weighted by molar-refractivity contribution is 14.0. The summed E-state index contributed by atoms with van der Waals surface area (Å²) < 4.78 is 0. The van der Waals surface area contributed by atoms with Crippen molar-refractivity contribution >= 4 is 35.8 Å². The second-order valence-electron chi connectivity index (χ2n) is 6.96. The number of benzene rings is 2. The Morgan fingerprint density at radius 1 is 1.04 bits per heavy atom. The molecule has 0 unspecified atom stereocenters. The molecule has 3 rings (SSSR count). The summed E-state index contributed by atoms with van der Waals surface area (Å²) in [5, 5.41) is 6.59. The zero-order valence-corrected chi connectivity index (χ0v) is 18.9. The summed E-state index contributed by atoms with van der Waals surface area (Å²) >= 11 is 0. The molecule has 0 aromatic heterocycles. The SMILES string of the molecule is CN=C(NCCCC(=O)N1Cc2ccccc2C1)NCc1ccc(C)cc1.I. The van der Waals surface area contributed by atoms with Gasteiger partial charge in [0.1, 0.15) is 0 Å². The van der Waals surface area contributed by atoms with E-state index in [1.54, 1.807) is 7.05 Å². The van der Waals surface area contributed by atoms with Gasteiger partial charge in [-0.3, -0.25) is 9.79 Å². The highest BCUT2D eigenvalue weighted by atomic mass is 127. The van der Waals surface area contributed by atoms with Crippen molar-refractivity contribution in [3.63, 3.8) is 0 Å². The van der Waals surface area contributed by atoms with Gasteiger partial charge in [0.2, 0.25) is 5.91 Å². The first kappa shape index (κ1) is 22.2. The van der Waals surface area contributed by atoms with Gasteiger partial charge in [0, 0.05) is 39.6 Å². The Bertz CT molecular complexity index is 779. The molecule has 5 nitrogen and oxygen atoms in total. The molecule has 0 atom stereocenters. The molecular formula is C22H29IN4O. The second kappa shape index (κ2) is 11.0. The lowest BCUT2D eigenvalue weighted by molar-refractivity contribution is -0.131. The molecule has 0 radical (unpaired) electrons. The van der Waals surface area contributed by atoms with Gasteiger partial charge in [-0.05, 0) is 30.0 Å². The maximum atomic E-state index is 12.4. The van der Waals surface area contributed by atoms with Crippen LogP contribution < -0.4 is 10.6 Å². The Morgan fingerprint density at radius 2 is 1.68 bits per heavy atom. The van der Waals surface area contributed by atoms with Gasteiger partial charge < -0.3 is 15.5 Å². The van der Waals surface area contributed by atoms with Crippen LogP contribution in [0.5, 0.6) is 0 Å². The van der Waals surface area contributed by atoms with Crippen molar-refractivity contribution in [3.05, 3.63) is 70.8 Å². The fourth-order valence-corrected chi connectivity index (χ4v) is 3.23. The lowest BCUT2D eigenvalue weighted by atomic mass is 10.1. The maximum absolute atomic E-state index is 12.4. The molecule has 1 heterocycles. The first-order valence-electron chi connectivity index (χ1n) is 9.50. The quantitative estimate of drug-likeness (QED) is 0.281. The van der Waals surface area contributed by atoms with E-state index in [9.17, 15) is 4.79 Å². The Kier molecular flexibility index (Phi) is 8.76. The van der Waals surface area contributed by atoms with Crippen LogP contribution in [-0.4, -0.2) is 30.4 Å². The van der Waals surface area contributed by atoms with Crippen molar-refractivity contribution in [3.8, 4) is 0 Å². The van der Waals surface area contributed by atoms with E-state index in [1.165, 1.54) is 22.3 Å². The first-order chi connectivity index (χ1) is 13.2. The molecular weight excluding hydrogens is 463 g/mol. The van der Waals surface area contributed by atoms with Gasteiger partial charge >= 0.3 is 0 Å². The topological polar surface area (TPSA) is 56.7 Å². The first-order valence-corrected chi connectivity index (χ1v) is 9.50. The fraction of sp³-hybridized carbons (Fsp3) is 0.364. The normalized spacial score (nSPS) is 12.9. The fourth-order valence-electron chi connectivity index (χ4n) is 3.23. The maximum Gasteiger partial charge on any atom is 0.223 e. The van der Waals surface area contributed by atoms with Crippen LogP contribution in [0.2, 0.25) is 0 Å². The van der Waals surface area contributed by atoms with E-state index in [4.69, 9.17) is 0 Å². The third kappa shape index (κ3) is 6.22. The number of hydrogen-bond acceptors (Lipinski definition) is 2. The average molecular weight is 492 g/mol. The van der Waals surface area contributed by atoms with Crippen LogP contribution in [0, 0.1) is 6.92 Å². The monoisotopic (exact) mass is 492 g/mol. The third-order valence-corrected chi connectivity index (χ3v) is 4.86. The number of halogens is 1. The van der Waals surface area contributed by atoms with E-state index < -0.39 is 0 Å². The molecule has 1 aliphatic heterocycles. The second-order valence-corrected chi connectivity index (χ2v) is 6.96. The smallest absolute Gasteiger partial charge is 0.223 e. The standard InChI is InChI=1S/C22H28N4O.HI/c1-17-9-11-18(12-10-17)14-25-22(23-2)24-13-5-8-21(27)26-15-19-6-3-4-7-20(19)16-26;/h3-4,6-7,9-12H,5,8,13-16H2,1-2H3,(H2,23,24,25);1H. The van der Waals surface area contributed by atoms with E-state index in [2.05, 4.69) is 58.9 Å². The van der Waals surface area contributed by atoms with Gasteiger partial charge in [-0.15, -0.1) is 24.0 Å². The van der Waals surface area contributed by atoms with Crippen molar-refractivity contribution < 1.29 is 4.79 Å². The summed E-state index contributed by atoms with van der Waals surface area (Å²) in [6.45, 7) is 5.01. The summed E-state index contributed by atoms with van der Waals surface area (Å²) in [7, 11) is 1.76.